The Hall–Kier alpha value is -1.75. The summed E-state index contributed by atoms with van der Waals surface area (Å²) in [6.45, 7) is 4.00. The predicted octanol–water partition coefficient (Wildman–Crippen LogP) is 2.47. The number of hydrogen-bond donors (Lipinski definition) is 1. The minimum Gasteiger partial charge on any atom is -0.309 e. The van der Waals surface area contributed by atoms with E-state index in [4.69, 9.17) is 0 Å². The van der Waals surface area contributed by atoms with E-state index in [0.717, 1.165) is 23.7 Å². The smallest absolute Gasteiger partial charge is 0.159 e. The SMILES string of the molecule is CCn1cc(CNCc2ccc(F)c(F)c2)cn1. The van der Waals surface area contributed by atoms with Gasteiger partial charge in [-0.2, -0.15) is 5.10 Å². The van der Waals surface area contributed by atoms with Crippen molar-refractivity contribution in [3.05, 3.63) is 53.4 Å². The zero-order chi connectivity index (χ0) is 13.0. The minimum atomic E-state index is -0.817. The molecule has 0 unspecified atom stereocenters. The first-order valence-corrected chi connectivity index (χ1v) is 5.85. The van der Waals surface area contributed by atoms with Crippen LogP contribution in [0.15, 0.2) is 30.6 Å². The Morgan fingerprint density at radius 3 is 2.61 bits per heavy atom. The quantitative estimate of drug-likeness (QED) is 0.884. The van der Waals surface area contributed by atoms with Crippen LogP contribution in [0.25, 0.3) is 0 Å². The zero-order valence-corrected chi connectivity index (χ0v) is 10.2. The fraction of sp³-hybridized carbons (Fsp3) is 0.308. The summed E-state index contributed by atoms with van der Waals surface area (Å²) in [4.78, 5) is 0. The number of aryl methyl sites for hydroxylation is 1. The van der Waals surface area contributed by atoms with Crippen LogP contribution in [0.1, 0.15) is 18.1 Å². The van der Waals surface area contributed by atoms with E-state index < -0.39 is 11.6 Å². The topological polar surface area (TPSA) is 29.9 Å². The lowest BCUT2D eigenvalue weighted by Crippen LogP contribution is -2.12. The lowest BCUT2D eigenvalue weighted by Gasteiger charge is -2.03. The van der Waals surface area contributed by atoms with Crippen molar-refractivity contribution in [1.82, 2.24) is 15.1 Å². The third kappa shape index (κ3) is 3.13. The van der Waals surface area contributed by atoms with E-state index in [1.807, 2.05) is 17.8 Å². The second-order valence-electron chi connectivity index (χ2n) is 4.06. The molecular weight excluding hydrogens is 236 g/mol. The van der Waals surface area contributed by atoms with Gasteiger partial charge < -0.3 is 5.32 Å². The number of hydrogen-bond acceptors (Lipinski definition) is 2. The number of benzene rings is 1. The van der Waals surface area contributed by atoms with Gasteiger partial charge >= 0.3 is 0 Å². The number of halogens is 2. The maximum absolute atomic E-state index is 13.0. The molecule has 0 aliphatic heterocycles. The molecule has 2 aromatic rings. The Labute approximate surface area is 104 Å². The molecule has 1 aromatic heterocycles. The summed E-state index contributed by atoms with van der Waals surface area (Å²) >= 11 is 0. The lowest BCUT2D eigenvalue weighted by atomic mass is 10.2. The standard InChI is InChI=1S/C13H15F2N3/c1-2-18-9-11(8-17-18)7-16-6-10-3-4-12(14)13(15)5-10/h3-5,8-9,16H,2,6-7H2,1H3. The van der Waals surface area contributed by atoms with E-state index in [9.17, 15) is 8.78 Å². The van der Waals surface area contributed by atoms with Gasteiger partial charge in [-0.15, -0.1) is 0 Å². The van der Waals surface area contributed by atoms with Gasteiger partial charge in [0.1, 0.15) is 0 Å². The third-order valence-electron chi connectivity index (χ3n) is 2.65. The highest BCUT2D eigenvalue weighted by Crippen LogP contribution is 2.08. The molecule has 0 aliphatic carbocycles. The van der Waals surface area contributed by atoms with E-state index in [-0.39, 0.29) is 0 Å². The van der Waals surface area contributed by atoms with Crippen LogP contribution in [0.5, 0.6) is 0 Å². The minimum absolute atomic E-state index is 0.495. The molecular formula is C13H15F2N3. The van der Waals surface area contributed by atoms with Gasteiger partial charge in [-0.3, -0.25) is 4.68 Å². The second-order valence-corrected chi connectivity index (χ2v) is 4.06. The Morgan fingerprint density at radius 2 is 1.94 bits per heavy atom. The maximum Gasteiger partial charge on any atom is 0.159 e. The largest absolute Gasteiger partial charge is 0.309 e. The van der Waals surface area contributed by atoms with Crippen LogP contribution in [-0.2, 0) is 19.6 Å². The molecule has 18 heavy (non-hydrogen) atoms. The summed E-state index contributed by atoms with van der Waals surface area (Å²) in [6, 6.07) is 3.92. The molecule has 0 bridgehead atoms. The maximum atomic E-state index is 13.0. The van der Waals surface area contributed by atoms with E-state index in [0.29, 0.717) is 13.1 Å². The molecule has 0 radical (unpaired) electrons. The van der Waals surface area contributed by atoms with Crippen LogP contribution in [0.2, 0.25) is 0 Å². The third-order valence-corrected chi connectivity index (χ3v) is 2.65. The van der Waals surface area contributed by atoms with Gasteiger partial charge in [-0.1, -0.05) is 6.07 Å². The predicted molar refractivity (Wildman–Crippen MR) is 64.8 cm³/mol. The van der Waals surface area contributed by atoms with Crippen molar-refractivity contribution in [3.8, 4) is 0 Å². The van der Waals surface area contributed by atoms with Gasteiger partial charge in [0, 0.05) is 31.4 Å². The highest BCUT2D eigenvalue weighted by molar-refractivity contribution is 5.17. The van der Waals surface area contributed by atoms with E-state index >= 15 is 0 Å². The Balaban J connectivity index is 1.86. The molecule has 0 amide bonds. The summed E-state index contributed by atoms with van der Waals surface area (Å²) < 4.78 is 27.5. The first-order chi connectivity index (χ1) is 8.69. The van der Waals surface area contributed by atoms with Crippen LogP contribution in [0.4, 0.5) is 8.78 Å². The van der Waals surface area contributed by atoms with Crippen LogP contribution in [0.3, 0.4) is 0 Å². The summed E-state index contributed by atoms with van der Waals surface area (Å²) in [6.07, 6.45) is 3.75. The molecule has 96 valence electrons. The van der Waals surface area contributed by atoms with Gasteiger partial charge in [0.2, 0.25) is 0 Å². The van der Waals surface area contributed by atoms with E-state index in [2.05, 4.69) is 10.4 Å². The number of nitrogens with zero attached hydrogens (tertiary/aromatic N) is 2. The van der Waals surface area contributed by atoms with Crippen molar-refractivity contribution >= 4 is 0 Å². The molecule has 0 saturated heterocycles. The summed E-state index contributed by atoms with van der Waals surface area (Å²) in [7, 11) is 0. The lowest BCUT2D eigenvalue weighted by molar-refractivity contribution is 0.506. The van der Waals surface area contributed by atoms with Gasteiger partial charge in [-0.05, 0) is 24.6 Å². The Morgan fingerprint density at radius 1 is 1.17 bits per heavy atom. The molecule has 1 aromatic carbocycles. The van der Waals surface area contributed by atoms with Crippen molar-refractivity contribution in [3.63, 3.8) is 0 Å². The molecule has 3 nitrogen and oxygen atoms in total. The molecule has 2 rings (SSSR count). The van der Waals surface area contributed by atoms with Crippen molar-refractivity contribution in [2.24, 2.45) is 0 Å². The van der Waals surface area contributed by atoms with Gasteiger partial charge in [-0.25, -0.2) is 8.78 Å². The number of nitrogens with one attached hydrogen (secondary N) is 1. The van der Waals surface area contributed by atoms with Crippen LogP contribution < -0.4 is 5.32 Å². The van der Waals surface area contributed by atoms with Gasteiger partial charge in [0.15, 0.2) is 11.6 Å². The molecule has 0 atom stereocenters. The molecule has 5 heteroatoms. The average Bonchev–Trinajstić information content (AvgIpc) is 2.82. The Kier molecular flexibility index (Phi) is 4.04. The molecule has 0 aliphatic rings. The Bertz CT molecular complexity index is 523. The van der Waals surface area contributed by atoms with Crippen molar-refractivity contribution in [1.29, 1.82) is 0 Å². The number of rotatable bonds is 5. The number of aromatic nitrogens is 2. The van der Waals surface area contributed by atoms with Gasteiger partial charge in [0.05, 0.1) is 6.20 Å². The molecule has 0 fully saturated rings. The van der Waals surface area contributed by atoms with Gasteiger partial charge in [0.25, 0.3) is 0 Å². The average molecular weight is 251 g/mol. The highest BCUT2D eigenvalue weighted by atomic mass is 19.2. The van der Waals surface area contributed by atoms with Crippen LogP contribution in [-0.4, -0.2) is 9.78 Å². The van der Waals surface area contributed by atoms with Crippen molar-refractivity contribution < 1.29 is 8.78 Å². The molecule has 1 heterocycles. The van der Waals surface area contributed by atoms with E-state index in [1.165, 1.54) is 6.07 Å². The van der Waals surface area contributed by atoms with E-state index in [1.54, 1.807) is 12.3 Å². The fourth-order valence-electron chi connectivity index (χ4n) is 1.67. The molecule has 0 spiro atoms. The molecule has 1 N–H and O–H groups in total. The summed E-state index contributed by atoms with van der Waals surface area (Å²) in [5, 5.41) is 7.31. The highest BCUT2D eigenvalue weighted by Gasteiger charge is 2.02. The fourth-order valence-corrected chi connectivity index (χ4v) is 1.67. The second kappa shape index (κ2) is 5.73. The van der Waals surface area contributed by atoms with Crippen molar-refractivity contribution in [2.45, 2.75) is 26.6 Å². The van der Waals surface area contributed by atoms with Crippen LogP contribution >= 0.6 is 0 Å². The normalized spacial score (nSPS) is 10.8. The zero-order valence-electron chi connectivity index (χ0n) is 10.2. The van der Waals surface area contributed by atoms with Crippen LogP contribution in [0, 0.1) is 11.6 Å². The first-order valence-electron chi connectivity index (χ1n) is 5.85. The first kappa shape index (κ1) is 12.7. The summed E-state index contributed by atoms with van der Waals surface area (Å²) in [5.41, 5.74) is 1.79. The monoisotopic (exact) mass is 251 g/mol. The summed E-state index contributed by atoms with van der Waals surface area (Å²) in [5.74, 6) is -1.63. The molecule has 0 saturated carbocycles. The van der Waals surface area contributed by atoms with Crippen molar-refractivity contribution in [2.75, 3.05) is 0 Å².